The molecule has 3 heteroatoms. The van der Waals surface area contributed by atoms with Gasteiger partial charge >= 0.3 is 0 Å². The van der Waals surface area contributed by atoms with Gasteiger partial charge in [0.25, 0.3) is 0 Å². The van der Waals surface area contributed by atoms with E-state index in [0.29, 0.717) is 0 Å². The predicted octanol–water partition coefficient (Wildman–Crippen LogP) is 6.08. The molecule has 108 valence electrons. The maximum absolute atomic E-state index is 5.86. The lowest BCUT2D eigenvalue weighted by atomic mass is 10.1. The normalized spacial score (nSPS) is 11.3. The van der Waals surface area contributed by atoms with Crippen LogP contribution in [0.1, 0.15) is 18.4 Å². The molecule has 0 saturated heterocycles. The van der Waals surface area contributed by atoms with Crippen molar-refractivity contribution in [3.05, 3.63) is 48.0 Å². The van der Waals surface area contributed by atoms with E-state index in [4.69, 9.17) is 23.2 Å². The van der Waals surface area contributed by atoms with Gasteiger partial charge in [0.2, 0.25) is 0 Å². The minimum absolute atomic E-state index is 0.00919. The van der Waals surface area contributed by atoms with Crippen LogP contribution in [0.4, 0.5) is 0 Å². The van der Waals surface area contributed by atoms with E-state index >= 15 is 0 Å². The Bertz CT molecular complexity index is 514. The van der Waals surface area contributed by atoms with Crippen LogP contribution in [0, 0.1) is 0 Å². The molecule has 2 aromatic rings. The predicted molar refractivity (Wildman–Crippen MR) is 95.0 cm³/mol. The molecule has 0 heterocycles. The van der Waals surface area contributed by atoms with Crippen molar-refractivity contribution in [2.24, 2.45) is 0 Å². The van der Waals surface area contributed by atoms with Crippen LogP contribution in [-0.2, 0) is 6.16 Å². The Morgan fingerprint density at radius 2 is 1.45 bits per heavy atom. The number of alkyl halides is 2. The van der Waals surface area contributed by atoms with Crippen molar-refractivity contribution < 1.29 is 0 Å². The molecule has 0 nitrogen and oxygen atoms in total. The summed E-state index contributed by atoms with van der Waals surface area (Å²) in [5, 5.41) is 2.74. The van der Waals surface area contributed by atoms with Crippen LogP contribution in [0.2, 0.25) is 0 Å². The van der Waals surface area contributed by atoms with E-state index in [1.54, 1.807) is 0 Å². The molecule has 2 aromatic carbocycles. The second-order valence-corrected chi connectivity index (χ2v) is 8.31. The Labute approximate surface area is 133 Å². The Morgan fingerprint density at radius 1 is 0.800 bits per heavy atom. The van der Waals surface area contributed by atoms with Crippen molar-refractivity contribution in [3.8, 4) is 0 Å². The van der Waals surface area contributed by atoms with Gasteiger partial charge in [-0.3, -0.25) is 0 Å². The fourth-order valence-corrected chi connectivity index (χ4v) is 5.66. The van der Waals surface area contributed by atoms with Gasteiger partial charge in [-0.1, -0.05) is 42.5 Å². The van der Waals surface area contributed by atoms with E-state index in [2.05, 4.69) is 42.5 Å². The Hall–Kier alpha value is -0.290. The lowest BCUT2D eigenvalue weighted by molar-refractivity contribution is 1.05. The summed E-state index contributed by atoms with van der Waals surface area (Å²) in [6.45, 7) is 0. The molecule has 0 amide bonds. The highest BCUT2D eigenvalue weighted by molar-refractivity contribution is 7.56. The highest BCUT2D eigenvalue weighted by atomic mass is 35.5. The van der Waals surface area contributed by atoms with Crippen LogP contribution in [0.25, 0.3) is 10.8 Å². The smallest absolute Gasteiger partial charge is 0.0226 e. The molecule has 20 heavy (non-hydrogen) atoms. The Morgan fingerprint density at radius 3 is 2.15 bits per heavy atom. The first-order chi connectivity index (χ1) is 9.85. The fraction of sp³-hybridized carbons (Fsp3) is 0.412. The standard InChI is InChI=1S/C17H21Cl2P/c18-10-4-12-20(13-5-11-19)14-16-8-3-7-15-6-1-2-9-17(15)16/h1-3,6-9H,4-5,10-14H2. The van der Waals surface area contributed by atoms with Crippen LogP contribution in [0.5, 0.6) is 0 Å². The summed E-state index contributed by atoms with van der Waals surface area (Å²) < 4.78 is 0. The topological polar surface area (TPSA) is 0 Å². The number of fused-ring (bicyclic) bond motifs is 1. The molecule has 0 aliphatic carbocycles. The van der Waals surface area contributed by atoms with Crippen molar-refractivity contribution in [2.45, 2.75) is 19.0 Å². The van der Waals surface area contributed by atoms with Crippen LogP contribution in [0.15, 0.2) is 42.5 Å². The highest BCUT2D eigenvalue weighted by Crippen LogP contribution is 2.42. The van der Waals surface area contributed by atoms with Gasteiger partial charge < -0.3 is 0 Å². The summed E-state index contributed by atoms with van der Waals surface area (Å²) >= 11 is 11.7. The summed E-state index contributed by atoms with van der Waals surface area (Å²) in [6.07, 6.45) is 5.98. The molecule has 0 atom stereocenters. The average Bonchev–Trinajstić information content (AvgIpc) is 2.50. The molecule has 0 aliphatic rings. The van der Waals surface area contributed by atoms with E-state index in [1.807, 2.05) is 0 Å². The second-order valence-electron chi connectivity index (χ2n) is 5.00. The van der Waals surface area contributed by atoms with Gasteiger partial charge in [0, 0.05) is 11.8 Å². The van der Waals surface area contributed by atoms with E-state index in [1.165, 1.54) is 34.8 Å². The Kier molecular flexibility index (Phi) is 7.14. The second kappa shape index (κ2) is 8.88. The number of rotatable bonds is 8. The van der Waals surface area contributed by atoms with E-state index in [-0.39, 0.29) is 7.92 Å². The van der Waals surface area contributed by atoms with Gasteiger partial charge in [-0.25, -0.2) is 0 Å². The lowest BCUT2D eigenvalue weighted by Gasteiger charge is -2.18. The average molecular weight is 327 g/mol. The molecule has 0 saturated carbocycles. The minimum Gasteiger partial charge on any atom is -0.127 e. The molecule has 0 N–H and O–H groups in total. The SMILES string of the molecule is ClCCCP(CCCCl)Cc1cccc2ccccc12. The summed E-state index contributed by atoms with van der Waals surface area (Å²) in [6, 6.07) is 15.3. The monoisotopic (exact) mass is 326 g/mol. The highest BCUT2D eigenvalue weighted by Gasteiger charge is 2.10. The van der Waals surface area contributed by atoms with E-state index in [0.717, 1.165) is 24.6 Å². The molecule has 0 aliphatic heterocycles. The largest absolute Gasteiger partial charge is 0.127 e. The van der Waals surface area contributed by atoms with Crippen LogP contribution in [0.3, 0.4) is 0 Å². The molecule has 0 aromatic heterocycles. The molecular formula is C17H21Cl2P. The maximum atomic E-state index is 5.86. The van der Waals surface area contributed by atoms with Crippen molar-refractivity contribution >= 4 is 41.9 Å². The van der Waals surface area contributed by atoms with Gasteiger partial charge in [0.05, 0.1) is 0 Å². The number of hydrogen-bond donors (Lipinski definition) is 0. The number of hydrogen-bond acceptors (Lipinski definition) is 0. The van der Waals surface area contributed by atoms with Crippen molar-refractivity contribution in [2.75, 3.05) is 24.1 Å². The van der Waals surface area contributed by atoms with Crippen molar-refractivity contribution in [1.82, 2.24) is 0 Å². The summed E-state index contributed by atoms with van der Waals surface area (Å²) in [5.41, 5.74) is 1.48. The van der Waals surface area contributed by atoms with E-state index < -0.39 is 0 Å². The first-order valence-corrected chi connectivity index (χ1v) is 10.1. The van der Waals surface area contributed by atoms with Gasteiger partial charge in [-0.15, -0.1) is 31.1 Å². The van der Waals surface area contributed by atoms with Gasteiger partial charge in [0.15, 0.2) is 0 Å². The molecule has 2 rings (SSSR count). The molecular weight excluding hydrogens is 306 g/mol. The van der Waals surface area contributed by atoms with Crippen LogP contribution >= 0.6 is 31.1 Å². The zero-order chi connectivity index (χ0) is 14.2. The summed E-state index contributed by atoms with van der Waals surface area (Å²) in [5.74, 6) is 1.55. The third kappa shape index (κ3) is 4.62. The van der Waals surface area contributed by atoms with Crippen molar-refractivity contribution in [3.63, 3.8) is 0 Å². The van der Waals surface area contributed by atoms with Gasteiger partial charge in [0.1, 0.15) is 0 Å². The number of halogens is 2. The molecule has 0 bridgehead atoms. The summed E-state index contributed by atoms with van der Waals surface area (Å²) in [7, 11) is 0.00919. The maximum Gasteiger partial charge on any atom is 0.0226 e. The molecule has 0 fully saturated rings. The molecule has 0 spiro atoms. The van der Waals surface area contributed by atoms with Crippen molar-refractivity contribution in [1.29, 1.82) is 0 Å². The fourth-order valence-electron chi connectivity index (χ4n) is 2.51. The molecule has 0 radical (unpaired) electrons. The van der Waals surface area contributed by atoms with E-state index in [9.17, 15) is 0 Å². The van der Waals surface area contributed by atoms with Crippen LogP contribution < -0.4 is 0 Å². The first kappa shape index (κ1) is 16.1. The first-order valence-electron chi connectivity index (χ1n) is 7.16. The molecule has 0 unspecified atom stereocenters. The Balaban J connectivity index is 2.14. The minimum atomic E-state index is 0.00919. The third-order valence-corrected chi connectivity index (χ3v) is 6.71. The zero-order valence-corrected chi connectivity index (χ0v) is 14.1. The third-order valence-electron chi connectivity index (χ3n) is 3.49. The van der Waals surface area contributed by atoms with Gasteiger partial charge in [-0.05, 0) is 47.7 Å². The van der Waals surface area contributed by atoms with Gasteiger partial charge in [-0.2, -0.15) is 0 Å². The zero-order valence-electron chi connectivity index (χ0n) is 11.7. The van der Waals surface area contributed by atoms with Crippen LogP contribution in [-0.4, -0.2) is 24.1 Å². The quantitative estimate of drug-likeness (QED) is 0.407. The lowest BCUT2D eigenvalue weighted by Crippen LogP contribution is -1.97. The summed E-state index contributed by atoms with van der Waals surface area (Å²) in [4.78, 5) is 0. The number of benzene rings is 2.